The highest BCUT2D eigenvalue weighted by Crippen LogP contribution is 2.17. The van der Waals surface area contributed by atoms with Gasteiger partial charge in [0.2, 0.25) is 5.91 Å². The molecule has 0 saturated carbocycles. The van der Waals surface area contributed by atoms with Crippen molar-refractivity contribution < 1.29 is 23.9 Å². The molecule has 2 N–H and O–H groups in total. The molecule has 1 aromatic heterocycles. The Morgan fingerprint density at radius 3 is 2.80 bits per heavy atom. The zero-order valence-electron chi connectivity index (χ0n) is 11.0. The number of hydrogen-bond donors (Lipinski definition) is 2. The van der Waals surface area contributed by atoms with Gasteiger partial charge in [-0.05, 0) is 19.4 Å². The second-order valence-corrected chi connectivity index (χ2v) is 4.82. The number of rotatable bonds is 4. The van der Waals surface area contributed by atoms with Gasteiger partial charge >= 0.3 is 5.97 Å². The summed E-state index contributed by atoms with van der Waals surface area (Å²) in [7, 11) is 0. The number of carboxylic acid groups (broad SMARTS) is 1. The van der Waals surface area contributed by atoms with Crippen LogP contribution in [-0.2, 0) is 9.59 Å². The number of aliphatic carboxylic acids is 1. The minimum atomic E-state index is -0.893. The molecule has 1 saturated heterocycles. The van der Waals surface area contributed by atoms with Crippen molar-refractivity contribution in [3.63, 3.8) is 0 Å². The lowest BCUT2D eigenvalue weighted by molar-refractivity contribution is -0.141. The van der Waals surface area contributed by atoms with E-state index in [0.29, 0.717) is 18.5 Å². The molecule has 2 atom stereocenters. The first kappa shape index (κ1) is 14.1. The van der Waals surface area contributed by atoms with Gasteiger partial charge in [-0.15, -0.1) is 0 Å². The number of amides is 2. The van der Waals surface area contributed by atoms with Crippen LogP contribution in [0.5, 0.6) is 0 Å². The fraction of sp³-hybridized carbons (Fsp3) is 0.462. The van der Waals surface area contributed by atoms with Crippen LogP contribution in [0.25, 0.3) is 0 Å². The summed E-state index contributed by atoms with van der Waals surface area (Å²) >= 11 is 0. The Balaban J connectivity index is 1.90. The first-order chi connectivity index (χ1) is 9.49. The van der Waals surface area contributed by atoms with E-state index >= 15 is 0 Å². The van der Waals surface area contributed by atoms with Crippen molar-refractivity contribution in [2.75, 3.05) is 13.1 Å². The van der Waals surface area contributed by atoms with Gasteiger partial charge in [-0.1, -0.05) is 0 Å². The second-order valence-electron chi connectivity index (χ2n) is 4.82. The fourth-order valence-electron chi connectivity index (χ4n) is 2.17. The van der Waals surface area contributed by atoms with Crippen molar-refractivity contribution in [1.82, 2.24) is 10.2 Å². The molecule has 2 heterocycles. The zero-order chi connectivity index (χ0) is 14.7. The molecule has 0 radical (unpaired) electrons. The Morgan fingerprint density at radius 2 is 2.25 bits per heavy atom. The Kier molecular flexibility index (Phi) is 4.07. The SMILES string of the molecule is CC(NC(=O)c1ccoc1)C(=O)N1CCC(C(=O)O)C1. The average Bonchev–Trinajstić information content (AvgIpc) is 3.08. The van der Waals surface area contributed by atoms with Crippen LogP contribution >= 0.6 is 0 Å². The molecule has 2 amide bonds. The Bertz CT molecular complexity index is 511. The number of likely N-dealkylation sites (tertiary alicyclic amines) is 1. The molecule has 2 unspecified atom stereocenters. The predicted molar refractivity (Wildman–Crippen MR) is 68.0 cm³/mol. The molecule has 1 fully saturated rings. The summed E-state index contributed by atoms with van der Waals surface area (Å²) in [5, 5.41) is 11.5. The topological polar surface area (TPSA) is 99.9 Å². The van der Waals surface area contributed by atoms with Crippen LogP contribution in [0, 0.1) is 5.92 Å². The Labute approximate surface area is 115 Å². The van der Waals surface area contributed by atoms with E-state index in [9.17, 15) is 14.4 Å². The Morgan fingerprint density at radius 1 is 1.50 bits per heavy atom. The molecule has 1 aromatic rings. The molecule has 0 aromatic carbocycles. The summed E-state index contributed by atoms with van der Waals surface area (Å²) in [6, 6.07) is 0.799. The average molecular weight is 280 g/mol. The van der Waals surface area contributed by atoms with Gasteiger partial charge in [-0.25, -0.2) is 0 Å². The summed E-state index contributed by atoms with van der Waals surface area (Å²) in [6.45, 7) is 2.18. The predicted octanol–water partition coefficient (Wildman–Crippen LogP) is 0.331. The van der Waals surface area contributed by atoms with Crippen molar-refractivity contribution >= 4 is 17.8 Å². The molecule has 7 heteroatoms. The number of carbonyl (C=O) groups is 3. The smallest absolute Gasteiger partial charge is 0.308 e. The monoisotopic (exact) mass is 280 g/mol. The van der Waals surface area contributed by atoms with Crippen LogP contribution in [0.2, 0.25) is 0 Å². The van der Waals surface area contributed by atoms with E-state index in [4.69, 9.17) is 9.52 Å². The van der Waals surface area contributed by atoms with E-state index in [1.165, 1.54) is 23.5 Å². The molecule has 1 aliphatic heterocycles. The third-order valence-corrected chi connectivity index (χ3v) is 3.35. The third kappa shape index (κ3) is 2.98. The lowest BCUT2D eigenvalue weighted by Crippen LogP contribution is -2.46. The molecule has 0 bridgehead atoms. The largest absolute Gasteiger partial charge is 0.481 e. The van der Waals surface area contributed by atoms with Crippen molar-refractivity contribution in [3.05, 3.63) is 24.2 Å². The molecule has 0 aliphatic carbocycles. The molecule has 0 spiro atoms. The normalized spacial score (nSPS) is 19.6. The number of nitrogens with one attached hydrogen (secondary N) is 1. The summed E-state index contributed by atoms with van der Waals surface area (Å²) in [5.41, 5.74) is 0.342. The van der Waals surface area contributed by atoms with Gasteiger partial charge in [-0.3, -0.25) is 14.4 Å². The number of carbonyl (C=O) groups excluding carboxylic acids is 2. The number of nitrogens with zero attached hydrogens (tertiary/aromatic N) is 1. The van der Waals surface area contributed by atoms with Crippen LogP contribution in [0.15, 0.2) is 23.0 Å². The lowest BCUT2D eigenvalue weighted by Gasteiger charge is -2.21. The van der Waals surface area contributed by atoms with Gasteiger partial charge in [-0.2, -0.15) is 0 Å². The first-order valence-electron chi connectivity index (χ1n) is 6.33. The van der Waals surface area contributed by atoms with E-state index in [0.717, 1.165) is 0 Å². The number of furan rings is 1. The molecule has 20 heavy (non-hydrogen) atoms. The number of carboxylic acids is 1. The maximum atomic E-state index is 12.1. The molecule has 7 nitrogen and oxygen atoms in total. The van der Waals surface area contributed by atoms with E-state index in [1.54, 1.807) is 6.92 Å². The Hall–Kier alpha value is -2.31. The van der Waals surface area contributed by atoms with Crippen molar-refractivity contribution in [1.29, 1.82) is 0 Å². The van der Waals surface area contributed by atoms with Gasteiger partial charge in [0.05, 0.1) is 17.7 Å². The van der Waals surface area contributed by atoms with Crippen LogP contribution in [0.3, 0.4) is 0 Å². The van der Waals surface area contributed by atoms with Crippen molar-refractivity contribution in [3.8, 4) is 0 Å². The highest BCUT2D eigenvalue weighted by Gasteiger charge is 2.33. The summed E-state index contributed by atoms with van der Waals surface area (Å²) in [6.07, 6.45) is 3.12. The molecule has 2 rings (SSSR count). The van der Waals surface area contributed by atoms with Gasteiger partial charge < -0.3 is 19.7 Å². The molecule has 1 aliphatic rings. The van der Waals surface area contributed by atoms with Crippen LogP contribution < -0.4 is 5.32 Å². The van der Waals surface area contributed by atoms with Crippen LogP contribution in [-0.4, -0.2) is 46.9 Å². The maximum absolute atomic E-state index is 12.1. The standard InChI is InChI=1S/C13H16N2O5/c1-8(14-11(16)10-3-5-20-7-10)12(17)15-4-2-9(6-15)13(18)19/h3,5,7-9H,2,4,6H2,1H3,(H,14,16)(H,18,19). The highest BCUT2D eigenvalue weighted by molar-refractivity contribution is 5.97. The summed E-state index contributed by atoms with van der Waals surface area (Å²) < 4.78 is 4.80. The summed E-state index contributed by atoms with van der Waals surface area (Å²) in [4.78, 5) is 36.2. The van der Waals surface area contributed by atoms with Gasteiger partial charge in [0.15, 0.2) is 0 Å². The number of hydrogen-bond acceptors (Lipinski definition) is 4. The van der Waals surface area contributed by atoms with E-state index < -0.39 is 23.8 Å². The van der Waals surface area contributed by atoms with Crippen LogP contribution in [0.4, 0.5) is 0 Å². The van der Waals surface area contributed by atoms with Crippen molar-refractivity contribution in [2.24, 2.45) is 5.92 Å². The van der Waals surface area contributed by atoms with E-state index in [1.807, 2.05) is 0 Å². The van der Waals surface area contributed by atoms with Crippen molar-refractivity contribution in [2.45, 2.75) is 19.4 Å². The fourth-order valence-corrected chi connectivity index (χ4v) is 2.17. The second kappa shape index (κ2) is 5.77. The van der Waals surface area contributed by atoms with E-state index in [-0.39, 0.29) is 12.5 Å². The lowest BCUT2D eigenvalue weighted by atomic mass is 10.1. The molecular formula is C13H16N2O5. The molecule has 108 valence electrons. The quantitative estimate of drug-likeness (QED) is 0.828. The summed E-state index contributed by atoms with van der Waals surface area (Å²) in [5.74, 6) is -2.08. The van der Waals surface area contributed by atoms with Gasteiger partial charge in [0.25, 0.3) is 5.91 Å². The third-order valence-electron chi connectivity index (χ3n) is 3.35. The van der Waals surface area contributed by atoms with Gasteiger partial charge in [0.1, 0.15) is 12.3 Å². The van der Waals surface area contributed by atoms with E-state index in [2.05, 4.69) is 5.32 Å². The minimum Gasteiger partial charge on any atom is -0.481 e. The zero-order valence-corrected chi connectivity index (χ0v) is 11.0. The minimum absolute atomic E-state index is 0.195. The maximum Gasteiger partial charge on any atom is 0.308 e. The van der Waals surface area contributed by atoms with Crippen LogP contribution in [0.1, 0.15) is 23.7 Å². The van der Waals surface area contributed by atoms with Gasteiger partial charge in [0, 0.05) is 13.1 Å². The molecular weight excluding hydrogens is 264 g/mol. The highest BCUT2D eigenvalue weighted by atomic mass is 16.4. The first-order valence-corrected chi connectivity index (χ1v) is 6.33.